The van der Waals surface area contributed by atoms with Crippen LogP contribution in [0.25, 0.3) is 0 Å². The second kappa shape index (κ2) is 7.77. The van der Waals surface area contributed by atoms with Crippen LogP contribution in [0.1, 0.15) is 53.4 Å². The molecule has 0 spiro atoms. The zero-order chi connectivity index (χ0) is 12.7. The van der Waals surface area contributed by atoms with Crippen molar-refractivity contribution in [3.05, 3.63) is 0 Å². The van der Waals surface area contributed by atoms with Crippen LogP contribution in [0.4, 0.5) is 0 Å². The molecule has 0 heterocycles. The summed E-state index contributed by atoms with van der Waals surface area (Å²) in [5.41, 5.74) is 0. The molecule has 1 rings (SSSR count). The molecule has 0 aromatic rings. The van der Waals surface area contributed by atoms with E-state index >= 15 is 0 Å². The van der Waals surface area contributed by atoms with Crippen molar-refractivity contribution in [1.29, 1.82) is 0 Å². The fraction of sp³-hybridized carbons (Fsp3) is 0.875. The molecule has 0 amide bonds. The van der Waals surface area contributed by atoms with Crippen molar-refractivity contribution >= 4 is 0 Å². The van der Waals surface area contributed by atoms with Crippen LogP contribution in [0.2, 0.25) is 0 Å². The molecule has 0 aromatic heterocycles. The van der Waals surface area contributed by atoms with Gasteiger partial charge in [-0.2, -0.15) is 0 Å². The van der Waals surface area contributed by atoms with Gasteiger partial charge in [0, 0.05) is 6.42 Å². The Kier molecular flexibility index (Phi) is 6.66. The maximum absolute atomic E-state index is 3.52. The highest BCUT2D eigenvalue weighted by molar-refractivity contribution is 4.99. The molecule has 1 nitrogen and oxygen atoms in total. The van der Waals surface area contributed by atoms with Crippen molar-refractivity contribution < 1.29 is 0 Å². The lowest BCUT2D eigenvalue weighted by Crippen LogP contribution is -2.34. The smallest absolute Gasteiger partial charge is 0.0120 e. The van der Waals surface area contributed by atoms with Crippen molar-refractivity contribution in [2.24, 2.45) is 23.7 Å². The van der Waals surface area contributed by atoms with Gasteiger partial charge in [-0.05, 0) is 62.9 Å². The SMILES string of the molecule is CC#CCC1CC(C(C)C)CCC1CNCC. The minimum Gasteiger partial charge on any atom is -0.317 e. The molecule has 1 fully saturated rings. The van der Waals surface area contributed by atoms with Gasteiger partial charge in [0.25, 0.3) is 0 Å². The fourth-order valence-corrected chi connectivity index (χ4v) is 3.05. The molecule has 1 heteroatoms. The second-order valence-electron chi connectivity index (χ2n) is 5.78. The van der Waals surface area contributed by atoms with E-state index in [1.54, 1.807) is 0 Å². The first kappa shape index (κ1) is 14.6. The molecule has 1 N–H and O–H groups in total. The normalized spacial score (nSPS) is 28.9. The maximum atomic E-state index is 3.52. The summed E-state index contributed by atoms with van der Waals surface area (Å²) >= 11 is 0. The number of hydrogen-bond acceptors (Lipinski definition) is 1. The van der Waals surface area contributed by atoms with Gasteiger partial charge >= 0.3 is 0 Å². The summed E-state index contributed by atoms with van der Waals surface area (Å²) in [6.45, 7) is 11.2. The zero-order valence-corrected chi connectivity index (χ0v) is 12.1. The van der Waals surface area contributed by atoms with Crippen LogP contribution in [-0.2, 0) is 0 Å². The molecule has 0 saturated heterocycles. The Morgan fingerprint density at radius 1 is 1.24 bits per heavy atom. The zero-order valence-electron chi connectivity index (χ0n) is 12.1. The topological polar surface area (TPSA) is 12.0 Å². The van der Waals surface area contributed by atoms with Gasteiger partial charge in [-0.1, -0.05) is 20.8 Å². The molecule has 3 unspecified atom stereocenters. The lowest BCUT2D eigenvalue weighted by Gasteiger charge is -2.37. The molecule has 1 aliphatic rings. The molecular formula is C16H29N. The summed E-state index contributed by atoms with van der Waals surface area (Å²) < 4.78 is 0. The summed E-state index contributed by atoms with van der Waals surface area (Å²) in [5, 5.41) is 3.52. The van der Waals surface area contributed by atoms with E-state index in [-0.39, 0.29) is 0 Å². The van der Waals surface area contributed by atoms with Crippen LogP contribution in [-0.4, -0.2) is 13.1 Å². The second-order valence-corrected chi connectivity index (χ2v) is 5.78. The van der Waals surface area contributed by atoms with Crippen LogP contribution >= 0.6 is 0 Å². The van der Waals surface area contributed by atoms with Gasteiger partial charge in [-0.3, -0.25) is 0 Å². The number of hydrogen-bond donors (Lipinski definition) is 1. The Morgan fingerprint density at radius 3 is 2.59 bits per heavy atom. The van der Waals surface area contributed by atoms with Crippen molar-refractivity contribution in [2.75, 3.05) is 13.1 Å². The summed E-state index contributed by atoms with van der Waals surface area (Å²) in [6, 6.07) is 0. The first-order valence-electron chi connectivity index (χ1n) is 7.29. The Hall–Kier alpha value is -0.480. The van der Waals surface area contributed by atoms with Crippen LogP contribution in [0.3, 0.4) is 0 Å². The Balaban J connectivity index is 2.54. The van der Waals surface area contributed by atoms with E-state index in [1.807, 2.05) is 6.92 Å². The molecule has 0 aromatic carbocycles. The summed E-state index contributed by atoms with van der Waals surface area (Å²) in [5.74, 6) is 9.81. The first-order valence-corrected chi connectivity index (χ1v) is 7.29. The predicted octanol–water partition coefficient (Wildman–Crippen LogP) is 3.70. The van der Waals surface area contributed by atoms with E-state index in [9.17, 15) is 0 Å². The molecular weight excluding hydrogens is 206 g/mol. The van der Waals surface area contributed by atoms with Crippen molar-refractivity contribution in [1.82, 2.24) is 5.32 Å². The fourth-order valence-electron chi connectivity index (χ4n) is 3.05. The van der Waals surface area contributed by atoms with E-state index in [4.69, 9.17) is 0 Å². The van der Waals surface area contributed by atoms with E-state index in [2.05, 4.69) is 37.9 Å². The third-order valence-corrected chi connectivity index (χ3v) is 4.32. The van der Waals surface area contributed by atoms with Crippen LogP contribution in [0.5, 0.6) is 0 Å². The van der Waals surface area contributed by atoms with Gasteiger partial charge in [-0.25, -0.2) is 0 Å². The first-order chi connectivity index (χ1) is 8.19. The molecule has 1 saturated carbocycles. The van der Waals surface area contributed by atoms with Crippen LogP contribution in [0.15, 0.2) is 0 Å². The molecule has 0 radical (unpaired) electrons. The van der Waals surface area contributed by atoms with E-state index in [0.29, 0.717) is 0 Å². The predicted molar refractivity (Wildman–Crippen MR) is 75.8 cm³/mol. The molecule has 3 atom stereocenters. The molecule has 1 aliphatic carbocycles. The largest absolute Gasteiger partial charge is 0.317 e. The van der Waals surface area contributed by atoms with E-state index < -0.39 is 0 Å². The number of nitrogens with one attached hydrogen (secondary N) is 1. The van der Waals surface area contributed by atoms with Crippen molar-refractivity contribution in [3.8, 4) is 11.8 Å². The van der Waals surface area contributed by atoms with E-state index in [1.165, 1.54) is 25.8 Å². The van der Waals surface area contributed by atoms with Gasteiger partial charge in [0.15, 0.2) is 0 Å². The minimum atomic E-state index is 0.822. The highest BCUT2D eigenvalue weighted by atomic mass is 14.8. The Morgan fingerprint density at radius 2 is 2.00 bits per heavy atom. The molecule has 17 heavy (non-hydrogen) atoms. The van der Waals surface area contributed by atoms with Gasteiger partial charge in [0.1, 0.15) is 0 Å². The molecule has 98 valence electrons. The van der Waals surface area contributed by atoms with Gasteiger partial charge in [-0.15, -0.1) is 11.8 Å². The van der Waals surface area contributed by atoms with Crippen molar-refractivity contribution in [2.45, 2.75) is 53.4 Å². The average molecular weight is 235 g/mol. The summed E-state index contributed by atoms with van der Waals surface area (Å²) in [6.07, 6.45) is 5.31. The quantitative estimate of drug-likeness (QED) is 0.717. The maximum Gasteiger partial charge on any atom is 0.0120 e. The standard InChI is InChI=1S/C16H29N/c1-5-7-8-15-11-14(13(3)4)9-10-16(15)12-17-6-2/h13-17H,6,8-12H2,1-4H3. The molecule has 0 bridgehead atoms. The van der Waals surface area contributed by atoms with Crippen LogP contribution in [0, 0.1) is 35.5 Å². The van der Waals surface area contributed by atoms with Gasteiger partial charge in [0.2, 0.25) is 0 Å². The Labute approximate surface area is 108 Å². The lowest BCUT2D eigenvalue weighted by atomic mass is 9.69. The Bertz CT molecular complexity index is 258. The highest BCUT2D eigenvalue weighted by Gasteiger charge is 2.30. The molecule has 0 aliphatic heterocycles. The average Bonchev–Trinajstić information content (AvgIpc) is 2.34. The monoisotopic (exact) mass is 235 g/mol. The summed E-state index contributed by atoms with van der Waals surface area (Å²) in [7, 11) is 0. The van der Waals surface area contributed by atoms with E-state index in [0.717, 1.165) is 36.6 Å². The minimum absolute atomic E-state index is 0.822. The van der Waals surface area contributed by atoms with Crippen LogP contribution < -0.4 is 5.32 Å². The highest BCUT2D eigenvalue weighted by Crippen LogP contribution is 2.38. The third kappa shape index (κ3) is 4.72. The van der Waals surface area contributed by atoms with Gasteiger partial charge in [0.05, 0.1) is 0 Å². The number of rotatable bonds is 5. The summed E-state index contributed by atoms with van der Waals surface area (Å²) in [4.78, 5) is 0. The lowest BCUT2D eigenvalue weighted by molar-refractivity contribution is 0.148. The van der Waals surface area contributed by atoms with Crippen molar-refractivity contribution in [3.63, 3.8) is 0 Å². The van der Waals surface area contributed by atoms with Gasteiger partial charge < -0.3 is 5.32 Å². The third-order valence-electron chi connectivity index (χ3n) is 4.32.